The van der Waals surface area contributed by atoms with Gasteiger partial charge < -0.3 is 37.9 Å². The SMILES string of the molecule is CCCCCCCCCCCCC/C=C/CCCCC(=O)O[C@@H]1CC[C@]2(CO2)[C@@H]([C@@]2(CC(C)/C=C\C=C\CCCC/C=C\CC/C=C/CCCC(=O)O[C@@H]3CC[C@]4(CO4)[C@@H]([C@@]4(C)O[C@@H]4CC=C(C)C)[C@@H]3OC)O[C@@H]2CC=C(C)C)[C@@H]1OC. The van der Waals surface area contributed by atoms with E-state index in [-0.39, 0.29) is 83.1 Å². The summed E-state index contributed by atoms with van der Waals surface area (Å²) in [4.78, 5) is 26.3. The van der Waals surface area contributed by atoms with E-state index in [1.54, 1.807) is 14.2 Å². The first-order chi connectivity index (χ1) is 39.8. The third kappa shape index (κ3) is 21.7. The van der Waals surface area contributed by atoms with Gasteiger partial charge in [-0.2, -0.15) is 0 Å². The minimum absolute atomic E-state index is 0.0136. The van der Waals surface area contributed by atoms with Crippen LogP contribution in [0.5, 0.6) is 0 Å². The van der Waals surface area contributed by atoms with Crippen LogP contribution >= 0.6 is 0 Å². The predicted molar refractivity (Wildman–Crippen MR) is 334 cm³/mol. The molecule has 0 aromatic carbocycles. The molecule has 6 fully saturated rings. The fourth-order valence-electron chi connectivity index (χ4n) is 13.9. The summed E-state index contributed by atoms with van der Waals surface area (Å²) in [6, 6.07) is 0. The standard InChI is InChI=1S/C72H116O10/c1-10-11-12-13-14-15-16-17-18-19-22-25-28-32-35-38-41-44-64(74)80-60-50-52-71(55-78-71)68(66(60)76-9)72(62(82-72)48-46-57(4)5)53-58(6)42-39-36-33-30-27-24-21-20-23-26-29-31-34-37-40-43-63(73)79-59-49-51-70(54-77-70)67(65(59)75-8)69(7)61(81-69)47-45-56(2)3/h20,23,28,31-34,36,39,42,45-46,58-62,65-68H,10-19,21-22,24-27,29-30,35,37-38,40-41,43-44,47-55H2,1-9H3/b23-20-,32-28+,34-31+,36-33+,42-39-/t58?,59-,60-,61-,62-,65-,66-,67-,68+,69+,70+,71+,72+/m1/s1. The van der Waals surface area contributed by atoms with Gasteiger partial charge in [0.25, 0.3) is 0 Å². The molecule has 13 atom stereocenters. The molecule has 10 nitrogen and oxygen atoms in total. The molecule has 2 saturated carbocycles. The second-order valence-corrected chi connectivity index (χ2v) is 26.3. The zero-order valence-electron chi connectivity index (χ0n) is 53.2. The first kappa shape index (κ1) is 68.0. The second-order valence-electron chi connectivity index (χ2n) is 26.3. The molecule has 464 valence electrons. The molecule has 0 radical (unpaired) electrons. The molecule has 0 aromatic rings. The lowest BCUT2D eigenvalue weighted by atomic mass is 9.65. The van der Waals surface area contributed by atoms with Gasteiger partial charge in [-0.25, -0.2) is 0 Å². The summed E-state index contributed by atoms with van der Waals surface area (Å²) in [7, 11) is 3.50. The van der Waals surface area contributed by atoms with Crippen LogP contribution in [0, 0.1) is 17.8 Å². The lowest BCUT2D eigenvalue weighted by Crippen LogP contribution is -2.56. The average Bonchev–Trinajstić information content (AvgIpc) is 1.70. The predicted octanol–water partition coefficient (Wildman–Crippen LogP) is 17.8. The number of ether oxygens (including phenoxy) is 8. The molecular formula is C72H116O10. The lowest BCUT2D eigenvalue weighted by molar-refractivity contribution is -0.173. The smallest absolute Gasteiger partial charge is 0.306 e. The minimum atomic E-state index is -0.407. The van der Waals surface area contributed by atoms with Crippen molar-refractivity contribution in [2.45, 2.75) is 313 Å². The minimum Gasteiger partial charge on any atom is -0.460 e. The molecule has 0 amide bonds. The molecular weight excluding hydrogens is 1020 g/mol. The normalized spacial score (nSPS) is 31.5. The summed E-state index contributed by atoms with van der Waals surface area (Å²) in [5, 5.41) is 0. The molecule has 0 aromatic heterocycles. The maximum Gasteiger partial charge on any atom is 0.306 e. The summed E-state index contributed by atoms with van der Waals surface area (Å²) in [6.07, 6.45) is 60.4. The number of hydrogen-bond acceptors (Lipinski definition) is 10. The maximum absolute atomic E-state index is 13.3. The molecule has 4 aliphatic heterocycles. The van der Waals surface area contributed by atoms with Crippen molar-refractivity contribution in [2.24, 2.45) is 17.8 Å². The summed E-state index contributed by atoms with van der Waals surface area (Å²) in [5.74, 6) is 0.0495. The Kier molecular flexibility index (Phi) is 29.4. The van der Waals surface area contributed by atoms with E-state index in [1.165, 1.54) is 88.2 Å². The summed E-state index contributed by atoms with van der Waals surface area (Å²) in [6.45, 7) is 16.7. The average molecular weight is 1140 g/mol. The Bertz CT molecular complexity index is 2080. The van der Waals surface area contributed by atoms with Crippen molar-refractivity contribution in [1.29, 1.82) is 0 Å². The van der Waals surface area contributed by atoms with Gasteiger partial charge in [-0.3, -0.25) is 9.59 Å². The third-order valence-corrected chi connectivity index (χ3v) is 18.9. The van der Waals surface area contributed by atoms with E-state index < -0.39 is 5.60 Å². The number of carbonyl (C=O) groups excluding carboxylic acids is 2. The molecule has 0 bridgehead atoms. The van der Waals surface area contributed by atoms with E-state index in [4.69, 9.17) is 37.9 Å². The number of hydrogen-bond donors (Lipinski definition) is 0. The van der Waals surface area contributed by atoms with E-state index in [9.17, 15) is 9.59 Å². The fraction of sp³-hybridized carbons (Fsp3) is 0.778. The Balaban J connectivity index is 0.818. The van der Waals surface area contributed by atoms with Gasteiger partial charge >= 0.3 is 11.9 Å². The zero-order valence-corrected chi connectivity index (χ0v) is 53.2. The number of allylic oxidation sites excluding steroid dienone is 12. The Hall–Kier alpha value is -3.12. The Morgan fingerprint density at radius 1 is 0.537 bits per heavy atom. The van der Waals surface area contributed by atoms with Crippen LogP contribution < -0.4 is 0 Å². The highest BCUT2D eigenvalue weighted by molar-refractivity contribution is 5.70. The number of rotatable bonds is 43. The van der Waals surface area contributed by atoms with Crippen molar-refractivity contribution in [3.8, 4) is 0 Å². The van der Waals surface area contributed by atoms with Crippen LogP contribution in [0.1, 0.15) is 254 Å². The van der Waals surface area contributed by atoms with Gasteiger partial charge in [-0.05, 0) is 169 Å². The van der Waals surface area contributed by atoms with Gasteiger partial charge in [-0.15, -0.1) is 0 Å². The van der Waals surface area contributed by atoms with Gasteiger partial charge in [0.05, 0.1) is 37.3 Å². The van der Waals surface area contributed by atoms with Crippen LogP contribution in [-0.4, -0.2) is 98.4 Å². The van der Waals surface area contributed by atoms with E-state index in [0.717, 1.165) is 122 Å². The van der Waals surface area contributed by atoms with Crippen molar-refractivity contribution in [1.82, 2.24) is 0 Å². The van der Waals surface area contributed by atoms with E-state index in [1.807, 2.05) is 0 Å². The van der Waals surface area contributed by atoms with Gasteiger partial charge in [0.15, 0.2) is 0 Å². The molecule has 10 heteroatoms. The zero-order chi connectivity index (χ0) is 58.7. The largest absolute Gasteiger partial charge is 0.460 e. The van der Waals surface area contributed by atoms with E-state index >= 15 is 0 Å². The second kappa shape index (κ2) is 35.5. The third-order valence-electron chi connectivity index (χ3n) is 18.9. The summed E-state index contributed by atoms with van der Waals surface area (Å²) < 4.78 is 50.4. The monoisotopic (exact) mass is 1140 g/mol. The number of esters is 2. The molecule has 0 N–H and O–H groups in total. The topological polar surface area (TPSA) is 121 Å². The molecule has 82 heavy (non-hydrogen) atoms. The highest BCUT2D eigenvalue weighted by Crippen LogP contribution is 2.63. The van der Waals surface area contributed by atoms with Crippen molar-refractivity contribution in [2.75, 3.05) is 27.4 Å². The highest BCUT2D eigenvalue weighted by atomic mass is 16.6. The number of epoxide rings is 4. The molecule has 6 aliphatic rings. The first-order valence-corrected chi connectivity index (χ1v) is 33.4. The first-order valence-electron chi connectivity index (χ1n) is 33.4. The van der Waals surface area contributed by atoms with Crippen LogP contribution in [-0.2, 0) is 47.5 Å². The quantitative estimate of drug-likeness (QED) is 0.0192. The van der Waals surface area contributed by atoms with Gasteiger partial charge in [0.1, 0.15) is 46.8 Å². The van der Waals surface area contributed by atoms with E-state index in [0.29, 0.717) is 19.4 Å². The van der Waals surface area contributed by atoms with Crippen molar-refractivity contribution >= 4 is 11.9 Å². The van der Waals surface area contributed by atoms with Crippen molar-refractivity contribution < 1.29 is 47.5 Å². The molecule has 2 spiro atoms. The summed E-state index contributed by atoms with van der Waals surface area (Å²) >= 11 is 0. The Morgan fingerprint density at radius 2 is 0.976 bits per heavy atom. The van der Waals surface area contributed by atoms with Crippen LogP contribution in [0.3, 0.4) is 0 Å². The number of unbranched alkanes of at least 4 members (excludes halogenated alkanes) is 18. The molecule has 4 saturated heterocycles. The van der Waals surface area contributed by atoms with Crippen LogP contribution in [0.25, 0.3) is 0 Å². The van der Waals surface area contributed by atoms with Crippen LogP contribution in [0.2, 0.25) is 0 Å². The van der Waals surface area contributed by atoms with Gasteiger partial charge in [-0.1, -0.05) is 162 Å². The van der Waals surface area contributed by atoms with Gasteiger partial charge in [0.2, 0.25) is 0 Å². The molecule has 4 heterocycles. The van der Waals surface area contributed by atoms with Gasteiger partial charge in [0, 0.05) is 27.1 Å². The Morgan fingerprint density at radius 3 is 1.50 bits per heavy atom. The van der Waals surface area contributed by atoms with Crippen LogP contribution in [0.15, 0.2) is 84.1 Å². The van der Waals surface area contributed by atoms with Crippen molar-refractivity contribution in [3.63, 3.8) is 0 Å². The fourth-order valence-corrected chi connectivity index (χ4v) is 13.9. The highest BCUT2D eigenvalue weighted by Gasteiger charge is 2.74. The number of methoxy groups -OCH3 is 2. The maximum atomic E-state index is 13.3. The summed E-state index contributed by atoms with van der Waals surface area (Å²) in [5.41, 5.74) is 1.33. The number of carbonyl (C=O) groups is 2. The van der Waals surface area contributed by atoms with E-state index in [2.05, 4.69) is 121 Å². The van der Waals surface area contributed by atoms with Crippen molar-refractivity contribution in [3.05, 3.63) is 84.1 Å². The van der Waals surface area contributed by atoms with Crippen LogP contribution in [0.4, 0.5) is 0 Å². The Labute approximate surface area is 499 Å². The molecule has 2 aliphatic carbocycles. The molecule has 6 rings (SSSR count). The molecule has 1 unspecified atom stereocenters. The lowest BCUT2D eigenvalue weighted by Gasteiger charge is -2.44.